The van der Waals surface area contributed by atoms with Gasteiger partial charge >= 0.3 is 11.9 Å². The van der Waals surface area contributed by atoms with Crippen molar-refractivity contribution in [1.82, 2.24) is 5.32 Å². The van der Waals surface area contributed by atoms with Crippen LogP contribution < -0.4 is 20.5 Å². The van der Waals surface area contributed by atoms with Gasteiger partial charge in [0.15, 0.2) is 23.7 Å². The molecule has 0 saturated heterocycles. The molecule has 43 heavy (non-hydrogen) atoms. The number of carbonyl (C=O) groups excluding carboxylic acids is 3. The maximum Gasteiger partial charge on any atom is 0.352 e. The SMILES string of the molecule is COc1ccc2c3c1O[C@@H]1C(OC(=O)[C@H](C)OC(=O)[C@H](C)NC(=O)[C@@H](N)Cc4ccccc4)=CC[C@]4(O)[C@@H](CCC[C@@]314)C2. The van der Waals surface area contributed by atoms with E-state index in [1.807, 2.05) is 42.5 Å². The van der Waals surface area contributed by atoms with Gasteiger partial charge in [-0.15, -0.1) is 0 Å². The van der Waals surface area contributed by atoms with Gasteiger partial charge in [-0.1, -0.05) is 42.8 Å². The molecule has 0 aromatic heterocycles. The van der Waals surface area contributed by atoms with Crippen molar-refractivity contribution in [2.24, 2.45) is 11.7 Å². The number of nitrogens with one attached hydrogen (secondary N) is 1. The fourth-order valence-electron chi connectivity index (χ4n) is 7.55. The molecule has 2 aromatic carbocycles. The highest BCUT2D eigenvalue weighted by atomic mass is 16.6. The van der Waals surface area contributed by atoms with E-state index in [2.05, 4.69) is 5.32 Å². The lowest BCUT2D eigenvalue weighted by atomic mass is 9.47. The molecular formula is C33H38N2O8. The monoisotopic (exact) mass is 590 g/mol. The number of rotatable bonds is 9. The third-order valence-corrected chi connectivity index (χ3v) is 9.66. The van der Waals surface area contributed by atoms with Gasteiger partial charge in [-0.05, 0) is 75.1 Å². The Balaban J connectivity index is 1.13. The second-order valence-corrected chi connectivity index (χ2v) is 12.2. The molecule has 1 amide bonds. The summed E-state index contributed by atoms with van der Waals surface area (Å²) in [7, 11) is 1.58. The Morgan fingerprint density at radius 3 is 2.65 bits per heavy atom. The number of carbonyl (C=O) groups is 3. The minimum Gasteiger partial charge on any atom is -0.493 e. The largest absolute Gasteiger partial charge is 0.493 e. The highest BCUT2D eigenvalue weighted by Gasteiger charge is 2.71. The van der Waals surface area contributed by atoms with Crippen molar-refractivity contribution >= 4 is 17.8 Å². The van der Waals surface area contributed by atoms with Crippen LogP contribution in [0.1, 0.15) is 56.2 Å². The van der Waals surface area contributed by atoms with Crippen LogP contribution in [0, 0.1) is 5.92 Å². The molecule has 1 heterocycles. The first-order valence-corrected chi connectivity index (χ1v) is 14.9. The van der Waals surface area contributed by atoms with Gasteiger partial charge in [0.25, 0.3) is 0 Å². The van der Waals surface area contributed by atoms with E-state index in [0.29, 0.717) is 30.8 Å². The van der Waals surface area contributed by atoms with Crippen LogP contribution in [0.25, 0.3) is 0 Å². The summed E-state index contributed by atoms with van der Waals surface area (Å²) < 4.78 is 23.3. The number of aliphatic hydroxyl groups is 1. The van der Waals surface area contributed by atoms with Gasteiger partial charge in [0.1, 0.15) is 11.8 Å². The fraction of sp³-hybridized carbons (Fsp3) is 0.485. The molecule has 228 valence electrons. The molecule has 1 fully saturated rings. The molecule has 0 unspecified atom stereocenters. The van der Waals surface area contributed by atoms with Gasteiger partial charge in [0.05, 0.1) is 24.2 Å². The Bertz CT molecular complexity index is 1470. The number of methoxy groups -OCH3 is 1. The van der Waals surface area contributed by atoms with Crippen LogP contribution >= 0.6 is 0 Å². The number of nitrogens with two attached hydrogens (primary N) is 1. The zero-order chi connectivity index (χ0) is 30.5. The topological polar surface area (TPSA) is 146 Å². The van der Waals surface area contributed by atoms with Crippen LogP contribution in [-0.4, -0.2) is 60.0 Å². The Morgan fingerprint density at radius 2 is 1.91 bits per heavy atom. The lowest BCUT2D eigenvalue weighted by Gasteiger charge is -2.59. The first-order valence-electron chi connectivity index (χ1n) is 14.9. The summed E-state index contributed by atoms with van der Waals surface area (Å²) in [6.07, 6.45) is 3.63. The second kappa shape index (κ2) is 11.0. The smallest absolute Gasteiger partial charge is 0.352 e. The molecule has 2 aromatic rings. The molecule has 4 N–H and O–H groups in total. The summed E-state index contributed by atoms with van der Waals surface area (Å²) in [5.41, 5.74) is 7.20. The van der Waals surface area contributed by atoms with Crippen molar-refractivity contribution in [2.75, 3.05) is 7.11 Å². The van der Waals surface area contributed by atoms with Crippen molar-refractivity contribution in [3.63, 3.8) is 0 Å². The van der Waals surface area contributed by atoms with Gasteiger partial charge in [-0.2, -0.15) is 0 Å². The van der Waals surface area contributed by atoms with E-state index in [9.17, 15) is 19.5 Å². The minimum absolute atomic E-state index is 0.0603. The third-order valence-electron chi connectivity index (χ3n) is 9.66. The first kappa shape index (κ1) is 29.2. The molecule has 1 spiro atoms. The standard InChI is InChI=1S/C33H38N2O8/c1-18(35-29(36)23(34)16-20-8-5-4-6-9-20)30(37)41-19(2)31(38)42-25-13-15-33(39)22-10-7-14-32(33)26-21(17-22)11-12-24(40-3)27(26)43-28(25)32/h4-6,8-9,11-13,18-19,22-23,28,39H,7,10,14-17,34H2,1-3H3,(H,35,36)/t18-,19-,22-,23-,28+,32+,33-/m0/s1. The van der Waals surface area contributed by atoms with Crippen molar-refractivity contribution in [1.29, 1.82) is 0 Å². The zero-order valence-electron chi connectivity index (χ0n) is 24.6. The molecule has 4 aliphatic rings. The van der Waals surface area contributed by atoms with Gasteiger partial charge < -0.3 is 35.1 Å². The van der Waals surface area contributed by atoms with Gasteiger partial charge in [-0.25, -0.2) is 9.59 Å². The second-order valence-electron chi connectivity index (χ2n) is 12.2. The molecule has 10 nitrogen and oxygen atoms in total. The fourth-order valence-corrected chi connectivity index (χ4v) is 7.55. The predicted octanol–water partition coefficient (Wildman–Crippen LogP) is 2.62. The normalized spacial score (nSPS) is 28.3. The van der Waals surface area contributed by atoms with E-state index in [1.54, 1.807) is 13.2 Å². The van der Waals surface area contributed by atoms with E-state index in [-0.39, 0.29) is 11.7 Å². The molecule has 2 bridgehead atoms. The maximum absolute atomic E-state index is 13.2. The lowest BCUT2D eigenvalue weighted by Crippen LogP contribution is -2.67. The van der Waals surface area contributed by atoms with Crippen molar-refractivity contribution in [3.8, 4) is 11.5 Å². The van der Waals surface area contributed by atoms with Crippen LogP contribution in [-0.2, 0) is 42.1 Å². The number of esters is 2. The Labute approximate surface area is 250 Å². The molecule has 6 rings (SSSR count). The minimum atomic E-state index is -1.26. The van der Waals surface area contributed by atoms with E-state index < -0.39 is 53.2 Å². The summed E-state index contributed by atoms with van der Waals surface area (Å²) in [6, 6.07) is 11.4. The van der Waals surface area contributed by atoms with Crippen LogP contribution in [0.5, 0.6) is 11.5 Å². The van der Waals surface area contributed by atoms with E-state index in [1.165, 1.54) is 13.8 Å². The van der Waals surface area contributed by atoms with Crippen molar-refractivity contribution in [2.45, 2.75) is 87.7 Å². The number of benzene rings is 2. The quantitative estimate of drug-likeness (QED) is 0.375. The number of amides is 1. The van der Waals surface area contributed by atoms with Crippen LogP contribution in [0.15, 0.2) is 54.3 Å². The van der Waals surface area contributed by atoms with Crippen LogP contribution in [0.4, 0.5) is 0 Å². The lowest BCUT2D eigenvalue weighted by molar-refractivity contribution is -0.172. The highest BCUT2D eigenvalue weighted by Crippen LogP contribution is 2.67. The van der Waals surface area contributed by atoms with Crippen molar-refractivity contribution in [3.05, 3.63) is 71.0 Å². The van der Waals surface area contributed by atoms with Crippen molar-refractivity contribution < 1.29 is 38.4 Å². The number of hydrogen-bond donors (Lipinski definition) is 3. The molecular weight excluding hydrogens is 552 g/mol. The average molecular weight is 591 g/mol. The van der Waals surface area contributed by atoms with Crippen LogP contribution in [0.2, 0.25) is 0 Å². The summed E-state index contributed by atoms with van der Waals surface area (Å²) >= 11 is 0. The predicted molar refractivity (Wildman–Crippen MR) is 155 cm³/mol. The number of hydrogen-bond acceptors (Lipinski definition) is 9. The number of ether oxygens (including phenoxy) is 4. The highest BCUT2D eigenvalue weighted by molar-refractivity contribution is 5.88. The van der Waals surface area contributed by atoms with Crippen LogP contribution in [0.3, 0.4) is 0 Å². The molecule has 1 aliphatic heterocycles. The first-order chi connectivity index (χ1) is 20.6. The van der Waals surface area contributed by atoms with E-state index in [4.69, 9.17) is 24.7 Å². The van der Waals surface area contributed by atoms with Gasteiger partial charge in [0, 0.05) is 5.56 Å². The molecule has 10 heteroatoms. The molecule has 3 aliphatic carbocycles. The Kier molecular flexibility index (Phi) is 7.46. The average Bonchev–Trinajstić information content (AvgIpc) is 3.34. The maximum atomic E-state index is 13.2. The summed E-state index contributed by atoms with van der Waals surface area (Å²) in [5, 5.41) is 14.8. The summed E-state index contributed by atoms with van der Waals surface area (Å²) in [4.78, 5) is 38.5. The molecule has 0 radical (unpaired) electrons. The summed E-state index contributed by atoms with van der Waals surface area (Å²) in [5.74, 6) is -0.577. The molecule has 7 atom stereocenters. The van der Waals surface area contributed by atoms with Gasteiger partial charge in [-0.3, -0.25) is 4.79 Å². The van der Waals surface area contributed by atoms with Gasteiger partial charge in [0.2, 0.25) is 5.91 Å². The van der Waals surface area contributed by atoms with E-state index >= 15 is 0 Å². The Hall–Kier alpha value is -3.89. The Morgan fingerprint density at radius 1 is 1.14 bits per heavy atom. The van der Waals surface area contributed by atoms with E-state index in [0.717, 1.165) is 36.0 Å². The summed E-state index contributed by atoms with van der Waals surface area (Å²) in [6.45, 7) is 2.88. The third kappa shape index (κ3) is 4.67. The molecule has 1 saturated carbocycles. The zero-order valence-corrected chi connectivity index (χ0v) is 24.6.